The standard InChI is InChI=1S/C9H12N2O3/c10-8(9(13)14-11)5-6-1-3-7(12)4-2-6/h1-4,8,12H,5,10-11H2/t8-/m0/s1. The highest BCUT2D eigenvalue weighted by molar-refractivity contribution is 5.75. The van der Waals surface area contributed by atoms with Crippen LogP contribution in [0.4, 0.5) is 0 Å². The lowest BCUT2D eigenvalue weighted by Crippen LogP contribution is -2.35. The third kappa shape index (κ3) is 2.72. The van der Waals surface area contributed by atoms with Crippen LogP contribution in [0.2, 0.25) is 0 Å². The molecule has 0 fully saturated rings. The Balaban J connectivity index is 2.60. The van der Waals surface area contributed by atoms with Crippen molar-refractivity contribution in [3.05, 3.63) is 29.8 Å². The summed E-state index contributed by atoms with van der Waals surface area (Å²) >= 11 is 0. The molecule has 0 saturated heterocycles. The van der Waals surface area contributed by atoms with Gasteiger partial charge in [-0.2, -0.15) is 5.90 Å². The summed E-state index contributed by atoms with van der Waals surface area (Å²) in [6.45, 7) is 0. The Morgan fingerprint density at radius 2 is 2.00 bits per heavy atom. The minimum Gasteiger partial charge on any atom is -0.508 e. The molecule has 0 spiro atoms. The molecule has 5 N–H and O–H groups in total. The van der Waals surface area contributed by atoms with Gasteiger partial charge in [-0.1, -0.05) is 12.1 Å². The number of phenolic OH excluding ortho intramolecular Hbond substituents is 1. The summed E-state index contributed by atoms with van der Waals surface area (Å²) in [5.41, 5.74) is 6.31. The molecular formula is C9H12N2O3. The zero-order chi connectivity index (χ0) is 10.6. The van der Waals surface area contributed by atoms with Crippen molar-refractivity contribution < 1.29 is 14.7 Å². The highest BCUT2D eigenvalue weighted by Crippen LogP contribution is 2.10. The SMILES string of the molecule is NOC(=O)[C@@H](N)Cc1ccc(O)cc1. The van der Waals surface area contributed by atoms with Gasteiger partial charge in [-0.15, -0.1) is 0 Å². The quantitative estimate of drug-likeness (QED) is 0.575. The van der Waals surface area contributed by atoms with Gasteiger partial charge in [-0.05, 0) is 24.1 Å². The summed E-state index contributed by atoms with van der Waals surface area (Å²) in [6.07, 6.45) is 0.330. The lowest BCUT2D eigenvalue weighted by Gasteiger charge is -2.08. The molecule has 0 aliphatic heterocycles. The van der Waals surface area contributed by atoms with E-state index >= 15 is 0 Å². The molecule has 76 valence electrons. The van der Waals surface area contributed by atoms with Crippen LogP contribution in [0.25, 0.3) is 0 Å². The number of carbonyl (C=O) groups is 1. The van der Waals surface area contributed by atoms with E-state index in [1.165, 1.54) is 12.1 Å². The molecule has 0 aliphatic rings. The van der Waals surface area contributed by atoms with E-state index in [1.807, 2.05) is 0 Å². The normalized spacial score (nSPS) is 12.1. The summed E-state index contributed by atoms with van der Waals surface area (Å²) in [6, 6.07) is 5.63. The number of hydrogen-bond acceptors (Lipinski definition) is 5. The van der Waals surface area contributed by atoms with Crippen molar-refractivity contribution in [2.75, 3.05) is 0 Å². The number of aromatic hydroxyl groups is 1. The number of benzene rings is 1. The van der Waals surface area contributed by atoms with Crippen molar-refractivity contribution in [2.45, 2.75) is 12.5 Å². The summed E-state index contributed by atoms with van der Waals surface area (Å²) < 4.78 is 0. The fourth-order valence-corrected chi connectivity index (χ4v) is 1.06. The van der Waals surface area contributed by atoms with E-state index in [4.69, 9.17) is 10.8 Å². The maximum atomic E-state index is 10.9. The smallest absolute Gasteiger partial charge is 0.341 e. The minimum absolute atomic E-state index is 0.170. The van der Waals surface area contributed by atoms with Crippen LogP contribution in [0.15, 0.2) is 24.3 Å². The number of hydrogen-bond donors (Lipinski definition) is 3. The molecule has 0 amide bonds. The number of phenols is 1. The maximum Gasteiger partial charge on any atom is 0.341 e. The molecule has 0 aromatic heterocycles. The van der Waals surface area contributed by atoms with Crippen molar-refractivity contribution in [3.63, 3.8) is 0 Å². The molecular weight excluding hydrogens is 184 g/mol. The van der Waals surface area contributed by atoms with Crippen LogP contribution in [0.3, 0.4) is 0 Å². The Morgan fingerprint density at radius 3 is 2.50 bits per heavy atom. The first-order valence-corrected chi connectivity index (χ1v) is 4.07. The lowest BCUT2D eigenvalue weighted by molar-refractivity contribution is -0.145. The van der Waals surface area contributed by atoms with Crippen LogP contribution < -0.4 is 11.6 Å². The van der Waals surface area contributed by atoms with Gasteiger partial charge in [-0.25, -0.2) is 4.79 Å². The van der Waals surface area contributed by atoms with Gasteiger partial charge in [-0.3, -0.25) is 0 Å². The fraction of sp³-hybridized carbons (Fsp3) is 0.222. The maximum absolute atomic E-state index is 10.9. The van der Waals surface area contributed by atoms with Gasteiger partial charge < -0.3 is 15.7 Å². The van der Waals surface area contributed by atoms with Gasteiger partial charge in [0.2, 0.25) is 0 Å². The van der Waals surface area contributed by atoms with Crippen molar-refractivity contribution in [1.82, 2.24) is 0 Å². The zero-order valence-corrected chi connectivity index (χ0v) is 7.51. The first kappa shape index (κ1) is 10.5. The predicted octanol–water partition coefficient (Wildman–Crippen LogP) is -0.321. The van der Waals surface area contributed by atoms with Gasteiger partial charge in [0.05, 0.1) is 0 Å². The van der Waals surface area contributed by atoms with E-state index < -0.39 is 12.0 Å². The second-order valence-corrected chi connectivity index (χ2v) is 2.91. The third-order valence-corrected chi connectivity index (χ3v) is 1.81. The molecule has 0 aliphatic carbocycles. The molecule has 0 heterocycles. The van der Waals surface area contributed by atoms with Gasteiger partial charge in [0.15, 0.2) is 0 Å². The number of nitrogens with two attached hydrogens (primary N) is 2. The van der Waals surface area contributed by atoms with Crippen molar-refractivity contribution in [1.29, 1.82) is 0 Å². The Hall–Kier alpha value is -1.59. The molecule has 0 saturated carbocycles. The summed E-state index contributed by atoms with van der Waals surface area (Å²) in [4.78, 5) is 14.9. The second-order valence-electron chi connectivity index (χ2n) is 2.91. The van der Waals surface area contributed by atoms with Gasteiger partial charge in [0.25, 0.3) is 0 Å². The van der Waals surface area contributed by atoms with Gasteiger partial charge >= 0.3 is 5.97 Å². The van der Waals surface area contributed by atoms with Crippen molar-refractivity contribution in [3.8, 4) is 5.75 Å². The van der Waals surface area contributed by atoms with Crippen molar-refractivity contribution >= 4 is 5.97 Å². The van der Waals surface area contributed by atoms with E-state index in [9.17, 15) is 4.79 Å². The van der Waals surface area contributed by atoms with E-state index in [-0.39, 0.29) is 5.75 Å². The molecule has 5 nitrogen and oxygen atoms in total. The Kier molecular flexibility index (Phi) is 3.44. The second kappa shape index (κ2) is 4.59. The molecule has 5 heteroatoms. The first-order valence-electron chi connectivity index (χ1n) is 4.07. The summed E-state index contributed by atoms with van der Waals surface area (Å²) in [5, 5.41) is 9.00. The molecule has 0 radical (unpaired) electrons. The van der Waals surface area contributed by atoms with Gasteiger partial charge in [0, 0.05) is 0 Å². The molecule has 14 heavy (non-hydrogen) atoms. The van der Waals surface area contributed by atoms with Crippen LogP contribution in [0.1, 0.15) is 5.56 Å². The van der Waals surface area contributed by atoms with E-state index in [2.05, 4.69) is 10.7 Å². The largest absolute Gasteiger partial charge is 0.508 e. The van der Waals surface area contributed by atoms with Gasteiger partial charge in [0.1, 0.15) is 11.8 Å². The molecule has 1 aromatic carbocycles. The average Bonchev–Trinajstić information content (AvgIpc) is 2.20. The number of rotatable bonds is 3. The van der Waals surface area contributed by atoms with E-state index in [0.717, 1.165) is 5.56 Å². The molecule has 1 aromatic rings. The average molecular weight is 196 g/mol. The minimum atomic E-state index is -0.774. The Morgan fingerprint density at radius 1 is 1.43 bits per heavy atom. The monoisotopic (exact) mass is 196 g/mol. The summed E-state index contributed by atoms with van der Waals surface area (Å²) in [5.74, 6) is 4.20. The molecule has 0 unspecified atom stereocenters. The third-order valence-electron chi connectivity index (χ3n) is 1.81. The van der Waals surface area contributed by atoms with Crippen LogP contribution >= 0.6 is 0 Å². The van der Waals surface area contributed by atoms with Crippen molar-refractivity contribution in [2.24, 2.45) is 11.6 Å². The zero-order valence-electron chi connectivity index (χ0n) is 7.51. The predicted molar refractivity (Wildman–Crippen MR) is 50.1 cm³/mol. The molecule has 1 atom stereocenters. The highest BCUT2D eigenvalue weighted by atomic mass is 16.7. The van der Waals surface area contributed by atoms with Crippen LogP contribution in [0, 0.1) is 0 Å². The van der Waals surface area contributed by atoms with Crippen LogP contribution in [0.5, 0.6) is 5.75 Å². The van der Waals surface area contributed by atoms with E-state index in [1.54, 1.807) is 12.1 Å². The lowest BCUT2D eigenvalue weighted by atomic mass is 10.1. The number of carbonyl (C=O) groups excluding carboxylic acids is 1. The molecule has 1 rings (SSSR count). The fourth-order valence-electron chi connectivity index (χ4n) is 1.06. The highest BCUT2D eigenvalue weighted by Gasteiger charge is 2.14. The first-order chi connectivity index (χ1) is 6.63. The van der Waals surface area contributed by atoms with E-state index in [0.29, 0.717) is 6.42 Å². The Labute approximate surface area is 81.2 Å². The van der Waals surface area contributed by atoms with Crippen LogP contribution in [-0.4, -0.2) is 17.1 Å². The Bertz CT molecular complexity index is 310. The summed E-state index contributed by atoms with van der Waals surface area (Å²) in [7, 11) is 0. The van der Waals surface area contributed by atoms with Crippen LogP contribution in [-0.2, 0) is 16.1 Å². The topological polar surface area (TPSA) is 98.6 Å². The molecule has 0 bridgehead atoms.